The molecule has 0 aliphatic heterocycles. The van der Waals surface area contributed by atoms with Crippen LogP contribution in [0.3, 0.4) is 0 Å². The molecule has 0 fully saturated rings. The Morgan fingerprint density at radius 1 is 1.28 bits per heavy atom. The van der Waals surface area contributed by atoms with Gasteiger partial charge in [0.15, 0.2) is 0 Å². The van der Waals surface area contributed by atoms with Crippen molar-refractivity contribution >= 4 is 40.5 Å². The lowest BCUT2D eigenvalue weighted by Gasteiger charge is -2.16. The smallest absolute Gasteiger partial charge is 0.140 e. The Morgan fingerprint density at radius 3 is 2.50 bits per heavy atom. The minimum Gasteiger partial charge on any atom is -0.489 e. The van der Waals surface area contributed by atoms with Crippen LogP contribution < -0.4 is 10.1 Å². The summed E-state index contributed by atoms with van der Waals surface area (Å²) in [7, 11) is 0. The Balaban J connectivity index is 2.84. The van der Waals surface area contributed by atoms with Crippen LogP contribution in [-0.2, 0) is 0 Å². The van der Waals surface area contributed by atoms with Crippen LogP contribution in [-0.4, -0.2) is 29.7 Å². The van der Waals surface area contributed by atoms with E-state index in [1.54, 1.807) is 12.1 Å². The number of ether oxygens (including phenoxy) is 1. The second kappa shape index (κ2) is 7.29. The molecule has 0 aliphatic carbocycles. The summed E-state index contributed by atoms with van der Waals surface area (Å²) in [6, 6.07) is 3.32. The van der Waals surface area contributed by atoms with Gasteiger partial charge in [-0.15, -0.1) is 11.6 Å². The lowest BCUT2D eigenvalue weighted by atomic mass is 10.2. The first kappa shape index (κ1) is 15.7. The number of halogens is 3. The highest BCUT2D eigenvalue weighted by atomic mass is 35.5. The summed E-state index contributed by atoms with van der Waals surface area (Å²) in [5.41, 5.74) is 0.654. The molecule has 0 radical (unpaired) electrons. The lowest BCUT2D eigenvalue weighted by molar-refractivity contribution is 0.211. The number of aliphatic hydroxyl groups is 1. The summed E-state index contributed by atoms with van der Waals surface area (Å²) < 4.78 is 5.55. The van der Waals surface area contributed by atoms with E-state index in [1.165, 1.54) is 0 Å². The molecule has 1 atom stereocenters. The van der Waals surface area contributed by atoms with Crippen LogP contribution in [0.1, 0.15) is 13.8 Å². The van der Waals surface area contributed by atoms with E-state index >= 15 is 0 Å². The maximum Gasteiger partial charge on any atom is 0.140 e. The molecule has 0 saturated heterocycles. The van der Waals surface area contributed by atoms with E-state index in [1.807, 2.05) is 13.8 Å². The van der Waals surface area contributed by atoms with Gasteiger partial charge >= 0.3 is 0 Å². The van der Waals surface area contributed by atoms with Crippen molar-refractivity contribution in [3.63, 3.8) is 0 Å². The SMILES string of the molecule is CC(C)Oc1cc(NCC(O)CCl)c(Cl)cc1Cl. The van der Waals surface area contributed by atoms with Gasteiger partial charge in [-0.2, -0.15) is 0 Å². The van der Waals surface area contributed by atoms with Crippen LogP contribution in [0.5, 0.6) is 5.75 Å². The Kier molecular flexibility index (Phi) is 6.36. The van der Waals surface area contributed by atoms with E-state index in [4.69, 9.17) is 39.5 Å². The van der Waals surface area contributed by atoms with Crippen molar-refractivity contribution < 1.29 is 9.84 Å². The zero-order valence-electron chi connectivity index (χ0n) is 10.2. The van der Waals surface area contributed by atoms with Crippen LogP contribution in [0.4, 0.5) is 5.69 Å². The fourth-order valence-corrected chi connectivity index (χ4v) is 1.89. The average molecular weight is 313 g/mol. The Labute approximate surface area is 122 Å². The number of nitrogens with one attached hydrogen (secondary N) is 1. The molecule has 0 amide bonds. The van der Waals surface area contributed by atoms with Gasteiger partial charge in [0.2, 0.25) is 0 Å². The first-order valence-electron chi connectivity index (χ1n) is 5.57. The van der Waals surface area contributed by atoms with Gasteiger partial charge in [-0.05, 0) is 19.9 Å². The third kappa shape index (κ3) is 4.73. The van der Waals surface area contributed by atoms with Gasteiger partial charge in [-0.25, -0.2) is 0 Å². The maximum atomic E-state index is 9.38. The molecule has 0 aliphatic rings. The van der Waals surface area contributed by atoms with Gasteiger partial charge in [0.25, 0.3) is 0 Å². The summed E-state index contributed by atoms with van der Waals surface area (Å²) in [6.45, 7) is 4.14. The molecular formula is C12H16Cl3NO2. The number of rotatable bonds is 6. The third-order valence-electron chi connectivity index (χ3n) is 2.09. The molecule has 6 heteroatoms. The summed E-state index contributed by atoms with van der Waals surface area (Å²) in [5, 5.41) is 13.3. The molecule has 1 rings (SSSR count). The van der Waals surface area contributed by atoms with Crippen molar-refractivity contribution in [2.75, 3.05) is 17.7 Å². The molecule has 102 valence electrons. The zero-order chi connectivity index (χ0) is 13.7. The van der Waals surface area contributed by atoms with Crippen LogP contribution in [0.25, 0.3) is 0 Å². The van der Waals surface area contributed by atoms with E-state index in [-0.39, 0.29) is 12.0 Å². The summed E-state index contributed by atoms with van der Waals surface area (Å²) in [6.07, 6.45) is -0.613. The number of alkyl halides is 1. The molecule has 1 aromatic rings. The van der Waals surface area contributed by atoms with E-state index in [0.29, 0.717) is 28.0 Å². The summed E-state index contributed by atoms with van der Waals surface area (Å²) >= 11 is 17.6. The quantitative estimate of drug-likeness (QED) is 0.785. The van der Waals surface area contributed by atoms with Crippen LogP contribution in [0, 0.1) is 0 Å². The van der Waals surface area contributed by atoms with Gasteiger partial charge in [0.1, 0.15) is 5.75 Å². The maximum absolute atomic E-state index is 9.38. The van der Waals surface area contributed by atoms with E-state index in [9.17, 15) is 5.11 Å². The highest BCUT2D eigenvalue weighted by Gasteiger charge is 2.11. The van der Waals surface area contributed by atoms with Crippen LogP contribution >= 0.6 is 34.8 Å². The minimum absolute atomic E-state index is 0.0185. The predicted molar refractivity (Wildman–Crippen MR) is 77.4 cm³/mol. The van der Waals surface area contributed by atoms with Crippen molar-refractivity contribution in [1.82, 2.24) is 0 Å². The summed E-state index contributed by atoms with van der Waals surface area (Å²) in [4.78, 5) is 0. The van der Waals surface area contributed by atoms with Gasteiger partial charge in [0.05, 0.1) is 33.8 Å². The van der Waals surface area contributed by atoms with E-state index in [0.717, 1.165) is 0 Å². The number of anilines is 1. The predicted octanol–water partition coefficient (Wildman–Crippen LogP) is 3.79. The van der Waals surface area contributed by atoms with Gasteiger partial charge < -0.3 is 15.2 Å². The largest absolute Gasteiger partial charge is 0.489 e. The molecule has 0 aromatic heterocycles. The molecule has 1 aromatic carbocycles. The van der Waals surface area contributed by atoms with E-state index in [2.05, 4.69) is 5.32 Å². The average Bonchev–Trinajstić information content (AvgIpc) is 2.30. The fraction of sp³-hybridized carbons (Fsp3) is 0.500. The normalized spacial score (nSPS) is 12.6. The first-order valence-corrected chi connectivity index (χ1v) is 6.86. The zero-order valence-corrected chi connectivity index (χ0v) is 12.5. The van der Waals surface area contributed by atoms with Gasteiger partial charge in [-0.3, -0.25) is 0 Å². The number of benzene rings is 1. The first-order chi connectivity index (χ1) is 8.43. The highest BCUT2D eigenvalue weighted by molar-refractivity contribution is 6.37. The lowest BCUT2D eigenvalue weighted by Crippen LogP contribution is -2.21. The van der Waals surface area contributed by atoms with Crippen molar-refractivity contribution in [1.29, 1.82) is 0 Å². The number of hydrogen-bond donors (Lipinski definition) is 2. The second-order valence-electron chi connectivity index (χ2n) is 4.12. The van der Waals surface area contributed by atoms with Crippen molar-refractivity contribution in [2.24, 2.45) is 0 Å². The van der Waals surface area contributed by atoms with Gasteiger partial charge in [0, 0.05) is 12.6 Å². The minimum atomic E-state index is -0.632. The molecule has 0 saturated carbocycles. The molecule has 1 unspecified atom stereocenters. The monoisotopic (exact) mass is 311 g/mol. The van der Waals surface area contributed by atoms with Gasteiger partial charge in [-0.1, -0.05) is 23.2 Å². The summed E-state index contributed by atoms with van der Waals surface area (Å²) in [5.74, 6) is 0.715. The molecule has 2 N–H and O–H groups in total. The highest BCUT2D eigenvalue weighted by Crippen LogP contribution is 2.34. The van der Waals surface area contributed by atoms with Crippen molar-refractivity contribution in [3.05, 3.63) is 22.2 Å². The molecule has 0 bridgehead atoms. The fourth-order valence-electron chi connectivity index (χ4n) is 1.29. The standard InChI is InChI=1S/C12H16Cl3NO2/c1-7(2)18-12-4-11(9(14)3-10(12)15)16-6-8(17)5-13/h3-4,7-8,16-17H,5-6H2,1-2H3. The Bertz CT molecular complexity index is 399. The van der Waals surface area contributed by atoms with Crippen molar-refractivity contribution in [3.8, 4) is 5.75 Å². The third-order valence-corrected chi connectivity index (χ3v) is 3.05. The van der Waals surface area contributed by atoms with E-state index < -0.39 is 6.10 Å². The molecule has 0 spiro atoms. The molecule has 3 nitrogen and oxygen atoms in total. The topological polar surface area (TPSA) is 41.5 Å². The van der Waals surface area contributed by atoms with Crippen LogP contribution in [0.15, 0.2) is 12.1 Å². The number of hydrogen-bond acceptors (Lipinski definition) is 3. The number of aliphatic hydroxyl groups excluding tert-OH is 1. The second-order valence-corrected chi connectivity index (χ2v) is 5.24. The van der Waals surface area contributed by atoms with Crippen LogP contribution in [0.2, 0.25) is 10.0 Å². The molecular weight excluding hydrogens is 296 g/mol. The molecule has 0 heterocycles. The van der Waals surface area contributed by atoms with Crippen molar-refractivity contribution in [2.45, 2.75) is 26.1 Å². The molecule has 18 heavy (non-hydrogen) atoms. The Hall–Kier alpha value is -0.350. The Morgan fingerprint density at radius 2 is 1.94 bits per heavy atom.